The Labute approximate surface area is 204 Å². The Morgan fingerprint density at radius 1 is 1.29 bits per heavy atom. The standard InChI is InChI=1S/C25H31ClN2O6/c1-3-13-27(17-10-6-5-9-16(17)26)22(31)20-25-12-11-24(2,34-25)19(23(32)33)18(25)21(30)28(20)14-7-4-8-15-29/h3,5-6,9-10,18-20,29H,1,4,7-8,11-15H2,2H3,(H,32,33)/t18-,19-,20?,24+,25?/m0/s1. The van der Waals surface area contributed by atoms with Gasteiger partial charge in [0.1, 0.15) is 11.6 Å². The molecule has 2 amide bonds. The second-order valence-electron chi connectivity index (χ2n) is 9.57. The second kappa shape index (κ2) is 9.32. The van der Waals surface area contributed by atoms with E-state index >= 15 is 0 Å². The molecule has 4 rings (SSSR count). The van der Waals surface area contributed by atoms with E-state index in [0.717, 1.165) is 0 Å². The predicted molar refractivity (Wildman–Crippen MR) is 127 cm³/mol. The number of unbranched alkanes of at least 4 members (excludes halogenated alkanes) is 2. The largest absolute Gasteiger partial charge is 0.481 e. The first-order chi connectivity index (χ1) is 16.2. The third-order valence-corrected chi connectivity index (χ3v) is 7.87. The molecule has 2 unspecified atom stereocenters. The van der Waals surface area contributed by atoms with E-state index in [1.54, 1.807) is 37.3 Å². The summed E-state index contributed by atoms with van der Waals surface area (Å²) in [5, 5.41) is 19.5. The van der Waals surface area contributed by atoms with Crippen molar-refractivity contribution in [2.75, 3.05) is 24.6 Å². The molecule has 1 spiro atoms. The number of aliphatic carboxylic acids is 1. The van der Waals surface area contributed by atoms with Crippen LogP contribution >= 0.6 is 11.6 Å². The average molecular weight is 491 g/mol. The molecule has 2 N–H and O–H groups in total. The number of ether oxygens (including phenoxy) is 1. The summed E-state index contributed by atoms with van der Waals surface area (Å²) in [6.45, 7) is 6.01. The maximum atomic E-state index is 14.2. The highest BCUT2D eigenvalue weighted by Gasteiger charge is 2.78. The van der Waals surface area contributed by atoms with E-state index in [1.807, 2.05) is 0 Å². The first kappa shape index (κ1) is 24.7. The van der Waals surface area contributed by atoms with E-state index in [-0.39, 0.29) is 31.5 Å². The van der Waals surface area contributed by atoms with Crippen molar-refractivity contribution in [2.45, 2.75) is 56.3 Å². The molecule has 3 fully saturated rings. The van der Waals surface area contributed by atoms with Crippen LogP contribution in [0.25, 0.3) is 0 Å². The molecule has 9 heteroatoms. The number of para-hydroxylation sites is 1. The Balaban J connectivity index is 1.77. The monoisotopic (exact) mass is 490 g/mol. The van der Waals surface area contributed by atoms with E-state index in [0.29, 0.717) is 42.8 Å². The molecular formula is C25H31ClN2O6. The molecule has 2 bridgehead atoms. The maximum Gasteiger partial charge on any atom is 0.310 e. The lowest BCUT2D eigenvalue weighted by Crippen LogP contribution is -2.56. The molecule has 3 heterocycles. The number of fused-ring (bicyclic) bond motifs is 1. The van der Waals surface area contributed by atoms with Crippen LogP contribution in [0.1, 0.15) is 39.0 Å². The fourth-order valence-electron chi connectivity index (χ4n) is 6.15. The van der Waals surface area contributed by atoms with Crippen LogP contribution in [0.15, 0.2) is 36.9 Å². The fourth-order valence-corrected chi connectivity index (χ4v) is 6.38. The van der Waals surface area contributed by atoms with Gasteiger partial charge in [-0.2, -0.15) is 0 Å². The molecule has 3 aliphatic heterocycles. The quantitative estimate of drug-likeness (QED) is 0.386. The first-order valence-corrected chi connectivity index (χ1v) is 12.1. The van der Waals surface area contributed by atoms with Crippen molar-refractivity contribution >= 4 is 35.1 Å². The van der Waals surface area contributed by atoms with Gasteiger partial charge in [-0.05, 0) is 51.2 Å². The molecule has 5 atom stereocenters. The van der Waals surface area contributed by atoms with Crippen molar-refractivity contribution in [1.29, 1.82) is 0 Å². The van der Waals surface area contributed by atoms with Crippen LogP contribution in [0.3, 0.4) is 0 Å². The highest BCUT2D eigenvalue weighted by molar-refractivity contribution is 6.34. The van der Waals surface area contributed by atoms with Crippen LogP contribution in [0.5, 0.6) is 0 Å². The molecule has 3 aliphatic rings. The van der Waals surface area contributed by atoms with Crippen LogP contribution in [0.4, 0.5) is 5.69 Å². The number of carboxylic acid groups (broad SMARTS) is 1. The molecule has 0 aliphatic carbocycles. The third kappa shape index (κ3) is 3.72. The van der Waals surface area contributed by atoms with Crippen LogP contribution in [-0.2, 0) is 19.1 Å². The van der Waals surface area contributed by atoms with E-state index in [2.05, 4.69) is 6.58 Å². The zero-order valence-corrected chi connectivity index (χ0v) is 20.0. The minimum absolute atomic E-state index is 0.0467. The number of nitrogens with zero attached hydrogens (tertiary/aromatic N) is 2. The van der Waals surface area contributed by atoms with Gasteiger partial charge in [-0.3, -0.25) is 14.4 Å². The highest BCUT2D eigenvalue weighted by Crippen LogP contribution is 2.63. The second-order valence-corrected chi connectivity index (χ2v) is 9.98. The Morgan fingerprint density at radius 3 is 2.68 bits per heavy atom. The van der Waals surface area contributed by atoms with Gasteiger partial charge in [0.15, 0.2) is 0 Å². The van der Waals surface area contributed by atoms with Gasteiger partial charge in [0.05, 0.1) is 28.1 Å². The van der Waals surface area contributed by atoms with Crippen LogP contribution in [0, 0.1) is 11.8 Å². The lowest BCUT2D eigenvalue weighted by atomic mass is 9.66. The van der Waals surface area contributed by atoms with E-state index in [9.17, 15) is 19.5 Å². The van der Waals surface area contributed by atoms with Crippen molar-refractivity contribution in [3.8, 4) is 0 Å². The minimum atomic E-state index is -1.20. The summed E-state index contributed by atoms with van der Waals surface area (Å²) in [5.74, 6) is -3.73. The summed E-state index contributed by atoms with van der Waals surface area (Å²) >= 11 is 6.42. The number of amides is 2. The minimum Gasteiger partial charge on any atom is -0.481 e. The van der Waals surface area contributed by atoms with Crippen molar-refractivity contribution in [1.82, 2.24) is 4.90 Å². The molecule has 3 saturated heterocycles. The molecule has 0 radical (unpaired) electrons. The molecule has 0 saturated carbocycles. The van der Waals surface area contributed by atoms with Crippen LogP contribution < -0.4 is 4.90 Å². The number of rotatable bonds is 10. The summed E-state index contributed by atoms with van der Waals surface area (Å²) in [7, 11) is 0. The van der Waals surface area contributed by atoms with Gasteiger partial charge in [-0.1, -0.05) is 29.8 Å². The van der Waals surface area contributed by atoms with Crippen molar-refractivity contribution in [3.05, 3.63) is 41.9 Å². The lowest BCUT2D eigenvalue weighted by molar-refractivity contribution is -0.154. The number of hydrogen-bond donors (Lipinski definition) is 2. The number of carbonyl (C=O) groups excluding carboxylic acids is 2. The fraction of sp³-hybridized carbons (Fsp3) is 0.560. The molecule has 1 aromatic rings. The number of hydrogen-bond acceptors (Lipinski definition) is 5. The van der Waals surface area contributed by atoms with Gasteiger partial charge in [-0.25, -0.2) is 0 Å². The van der Waals surface area contributed by atoms with Gasteiger partial charge < -0.3 is 24.7 Å². The number of aliphatic hydroxyl groups excluding tert-OH is 1. The van der Waals surface area contributed by atoms with Gasteiger partial charge in [0.2, 0.25) is 5.91 Å². The summed E-state index contributed by atoms with van der Waals surface area (Å²) in [5.41, 5.74) is -1.71. The number of carbonyl (C=O) groups is 3. The van der Waals surface area contributed by atoms with E-state index in [4.69, 9.17) is 21.4 Å². The van der Waals surface area contributed by atoms with E-state index in [1.165, 1.54) is 9.80 Å². The molecule has 1 aromatic carbocycles. The van der Waals surface area contributed by atoms with Gasteiger partial charge in [-0.15, -0.1) is 6.58 Å². The van der Waals surface area contributed by atoms with Gasteiger partial charge >= 0.3 is 5.97 Å². The summed E-state index contributed by atoms with van der Waals surface area (Å²) < 4.78 is 6.41. The summed E-state index contributed by atoms with van der Waals surface area (Å²) in [4.78, 5) is 43.2. The maximum absolute atomic E-state index is 14.2. The molecular weight excluding hydrogens is 460 g/mol. The summed E-state index contributed by atoms with van der Waals surface area (Å²) in [6.07, 6.45) is 4.33. The topological polar surface area (TPSA) is 107 Å². The van der Waals surface area contributed by atoms with E-state index < -0.39 is 35.0 Å². The Kier molecular flexibility index (Phi) is 6.77. The molecule has 0 aromatic heterocycles. The van der Waals surface area contributed by atoms with Gasteiger partial charge in [0.25, 0.3) is 5.91 Å². The lowest BCUT2D eigenvalue weighted by Gasteiger charge is -2.37. The predicted octanol–water partition coefficient (Wildman–Crippen LogP) is 2.87. The number of carboxylic acids is 1. The van der Waals surface area contributed by atoms with Gasteiger partial charge in [0, 0.05) is 19.7 Å². The average Bonchev–Trinajstić information content (AvgIpc) is 3.36. The molecule has 184 valence electrons. The number of aliphatic hydroxyl groups is 1. The third-order valence-electron chi connectivity index (χ3n) is 7.55. The zero-order chi connectivity index (χ0) is 24.7. The molecule has 34 heavy (non-hydrogen) atoms. The number of anilines is 1. The van der Waals surface area contributed by atoms with Crippen LogP contribution in [-0.4, -0.2) is 69.8 Å². The normalized spacial score (nSPS) is 31.6. The summed E-state index contributed by atoms with van der Waals surface area (Å²) in [6, 6.07) is 5.99. The number of benzene rings is 1. The number of likely N-dealkylation sites (tertiary alicyclic amines) is 1. The zero-order valence-electron chi connectivity index (χ0n) is 19.3. The number of halogens is 1. The molecule has 8 nitrogen and oxygen atoms in total. The van der Waals surface area contributed by atoms with Crippen LogP contribution in [0.2, 0.25) is 5.02 Å². The smallest absolute Gasteiger partial charge is 0.310 e. The van der Waals surface area contributed by atoms with Crippen molar-refractivity contribution in [3.63, 3.8) is 0 Å². The Morgan fingerprint density at radius 2 is 2.03 bits per heavy atom. The Hall–Kier alpha value is -2.42. The SMILES string of the molecule is C=CCN(C(=O)C1N(CCCCCO)C(=O)[C@@H]2[C@@H](C(=O)O)[C@@]3(C)CCC12O3)c1ccccc1Cl. The first-order valence-electron chi connectivity index (χ1n) is 11.7. The highest BCUT2D eigenvalue weighted by atomic mass is 35.5. The van der Waals surface area contributed by atoms with Crippen molar-refractivity contribution < 1.29 is 29.3 Å². The Bertz CT molecular complexity index is 1000. The van der Waals surface area contributed by atoms with Crippen molar-refractivity contribution in [2.24, 2.45) is 11.8 Å².